The predicted octanol–water partition coefficient (Wildman–Crippen LogP) is 4.81. The average molecular weight is 268 g/mol. The molecule has 0 aliphatic rings. The van der Waals surface area contributed by atoms with E-state index in [4.69, 9.17) is 5.11 Å². The summed E-state index contributed by atoms with van der Waals surface area (Å²) >= 11 is 0. The van der Waals surface area contributed by atoms with Crippen LogP contribution in [0.25, 0.3) is 0 Å². The van der Waals surface area contributed by atoms with Crippen LogP contribution in [0.5, 0.6) is 0 Å². The van der Waals surface area contributed by atoms with Crippen molar-refractivity contribution in [1.82, 2.24) is 0 Å². The number of hydrogen-bond acceptors (Lipinski definition) is 2. The van der Waals surface area contributed by atoms with E-state index < -0.39 is 0 Å². The van der Waals surface area contributed by atoms with Gasteiger partial charge in [0.15, 0.2) is 0 Å². The first-order valence-electron chi connectivity index (χ1n) is 8.02. The van der Waals surface area contributed by atoms with E-state index in [1.807, 2.05) is 0 Å². The Kier molecular flexibility index (Phi) is 14.9. The van der Waals surface area contributed by atoms with Crippen molar-refractivity contribution in [3.8, 4) is 0 Å². The number of carbonyl (C=O) groups excluding carboxylic acids is 1. The average Bonchev–Trinajstić information content (AvgIpc) is 2.39. The molecule has 1 N–H and O–H groups in total. The monoisotopic (exact) mass is 268 g/mol. The summed E-state index contributed by atoms with van der Waals surface area (Å²) in [4.78, 5) is 10.7. The largest absolute Gasteiger partial charge is 0.396 e. The van der Waals surface area contributed by atoms with Crippen molar-refractivity contribution in [3.05, 3.63) is 12.2 Å². The molecule has 0 rings (SSSR count). The second kappa shape index (κ2) is 15.4. The lowest BCUT2D eigenvalue weighted by Gasteiger charge is -1.99. The zero-order valence-electron chi connectivity index (χ0n) is 12.7. The van der Waals surface area contributed by atoms with Crippen LogP contribution < -0.4 is 0 Å². The van der Waals surface area contributed by atoms with Gasteiger partial charge in [0.25, 0.3) is 0 Å². The maximum atomic E-state index is 10.7. The normalized spacial score (nSPS) is 11.3. The molecule has 19 heavy (non-hydrogen) atoms. The number of aliphatic hydroxyl groups excluding tert-OH is 1. The lowest BCUT2D eigenvalue weighted by atomic mass is 10.1. The van der Waals surface area contributed by atoms with Gasteiger partial charge in [0.1, 0.15) is 5.78 Å². The fourth-order valence-electron chi connectivity index (χ4n) is 2.13. The highest BCUT2D eigenvalue weighted by atomic mass is 16.2. The summed E-state index contributed by atoms with van der Waals surface area (Å²) in [6.07, 6.45) is 18.5. The molecule has 2 nitrogen and oxygen atoms in total. The van der Waals surface area contributed by atoms with Gasteiger partial charge in [-0.25, -0.2) is 0 Å². The molecule has 0 aliphatic carbocycles. The molecule has 0 fully saturated rings. The Hall–Kier alpha value is -0.630. The fraction of sp³-hybridized carbons (Fsp3) is 0.824. The Bertz CT molecular complexity index is 221. The van der Waals surface area contributed by atoms with Crippen molar-refractivity contribution < 1.29 is 9.90 Å². The fourth-order valence-corrected chi connectivity index (χ4v) is 2.13. The van der Waals surface area contributed by atoms with Gasteiger partial charge < -0.3 is 9.90 Å². The van der Waals surface area contributed by atoms with Crippen LogP contribution in [-0.4, -0.2) is 17.5 Å². The van der Waals surface area contributed by atoms with E-state index >= 15 is 0 Å². The van der Waals surface area contributed by atoms with Crippen LogP contribution in [0.1, 0.15) is 84.0 Å². The second-order valence-electron chi connectivity index (χ2n) is 5.41. The van der Waals surface area contributed by atoms with Crippen molar-refractivity contribution in [2.24, 2.45) is 0 Å². The van der Waals surface area contributed by atoms with E-state index in [9.17, 15) is 4.79 Å². The molecule has 0 aromatic heterocycles. The van der Waals surface area contributed by atoms with Crippen LogP contribution in [0.3, 0.4) is 0 Å². The van der Waals surface area contributed by atoms with Gasteiger partial charge in [0.05, 0.1) is 0 Å². The highest BCUT2D eigenvalue weighted by molar-refractivity contribution is 5.75. The molecule has 2 heteroatoms. The van der Waals surface area contributed by atoms with Crippen LogP contribution in [0.2, 0.25) is 0 Å². The Morgan fingerprint density at radius 1 is 0.789 bits per heavy atom. The minimum Gasteiger partial charge on any atom is -0.396 e. The molecule has 0 saturated heterocycles. The number of unbranched alkanes of at least 4 members (excludes halogenated alkanes) is 9. The molecule has 0 radical (unpaired) electrons. The first-order valence-corrected chi connectivity index (χ1v) is 8.02. The van der Waals surface area contributed by atoms with Crippen molar-refractivity contribution in [1.29, 1.82) is 0 Å². The van der Waals surface area contributed by atoms with E-state index in [-0.39, 0.29) is 0 Å². The van der Waals surface area contributed by atoms with E-state index in [1.165, 1.54) is 44.9 Å². The number of allylic oxidation sites excluding steroid dienone is 2. The van der Waals surface area contributed by atoms with Crippen molar-refractivity contribution >= 4 is 5.78 Å². The van der Waals surface area contributed by atoms with Gasteiger partial charge in [-0.3, -0.25) is 0 Å². The zero-order valence-corrected chi connectivity index (χ0v) is 12.7. The van der Waals surface area contributed by atoms with Crippen molar-refractivity contribution in [2.75, 3.05) is 6.61 Å². The third-order valence-corrected chi connectivity index (χ3v) is 3.35. The van der Waals surface area contributed by atoms with Crippen molar-refractivity contribution in [3.63, 3.8) is 0 Å². The Balaban J connectivity index is 3.05. The summed E-state index contributed by atoms with van der Waals surface area (Å²) in [6.45, 7) is 2.01. The summed E-state index contributed by atoms with van der Waals surface area (Å²) < 4.78 is 0. The topological polar surface area (TPSA) is 37.3 Å². The predicted molar refractivity (Wildman–Crippen MR) is 82.3 cm³/mol. The molecule has 0 atom stereocenters. The maximum absolute atomic E-state index is 10.7. The standard InChI is InChI=1S/C17H32O2/c1-17(19)15-13-11-9-7-5-3-2-4-6-8-10-12-14-16-18/h4,6,18H,2-3,5,7-16H2,1H3/b6-4+. The number of ketones is 1. The first kappa shape index (κ1) is 18.4. The number of aliphatic hydroxyl groups is 1. The van der Waals surface area contributed by atoms with Gasteiger partial charge in [-0.2, -0.15) is 0 Å². The lowest BCUT2D eigenvalue weighted by Crippen LogP contribution is -1.89. The van der Waals surface area contributed by atoms with E-state index in [0.29, 0.717) is 12.4 Å². The van der Waals surface area contributed by atoms with Gasteiger partial charge in [-0.15, -0.1) is 0 Å². The molecule has 0 aromatic rings. The highest BCUT2D eigenvalue weighted by Crippen LogP contribution is 2.09. The number of hydrogen-bond donors (Lipinski definition) is 1. The molecule has 0 unspecified atom stereocenters. The Morgan fingerprint density at radius 2 is 1.26 bits per heavy atom. The lowest BCUT2D eigenvalue weighted by molar-refractivity contribution is -0.117. The van der Waals surface area contributed by atoms with Crippen LogP contribution in [0, 0.1) is 0 Å². The van der Waals surface area contributed by atoms with Gasteiger partial charge in [0, 0.05) is 13.0 Å². The SMILES string of the molecule is CC(=O)CCCCCCCC/C=C/CCCCCO. The van der Waals surface area contributed by atoms with Gasteiger partial charge >= 0.3 is 0 Å². The van der Waals surface area contributed by atoms with Crippen LogP contribution in [0.15, 0.2) is 12.2 Å². The van der Waals surface area contributed by atoms with E-state index in [1.54, 1.807) is 6.92 Å². The Labute approximate surface area is 119 Å². The van der Waals surface area contributed by atoms with Gasteiger partial charge in [-0.05, 0) is 45.4 Å². The third-order valence-electron chi connectivity index (χ3n) is 3.35. The minimum absolute atomic E-state index is 0.323. The summed E-state index contributed by atoms with van der Waals surface area (Å²) in [6, 6.07) is 0. The summed E-state index contributed by atoms with van der Waals surface area (Å²) in [5, 5.41) is 8.64. The summed E-state index contributed by atoms with van der Waals surface area (Å²) in [5.74, 6) is 0.323. The zero-order chi connectivity index (χ0) is 14.2. The van der Waals surface area contributed by atoms with Crippen LogP contribution >= 0.6 is 0 Å². The molecule has 0 saturated carbocycles. The molecular weight excluding hydrogens is 236 g/mol. The molecule has 0 aromatic carbocycles. The number of Topliss-reactive ketones (excluding diaryl/α,β-unsaturated/α-hetero) is 1. The maximum Gasteiger partial charge on any atom is 0.129 e. The first-order chi connectivity index (χ1) is 9.27. The third kappa shape index (κ3) is 17.4. The van der Waals surface area contributed by atoms with Crippen LogP contribution in [-0.2, 0) is 4.79 Å². The summed E-state index contributed by atoms with van der Waals surface area (Å²) in [7, 11) is 0. The summed E-state index contributed by atoms with van der Waals surface area (Å²) in [5.41, 5.74) is 0. The quantitative estimate of drug-likeness (QED) is 0.363. The molecule has 112 valence electrons. The van der Waals surface area contributed by atoms with Gasteiger partial charge in [-0.1, -0.05) is 44.3 Å². The van der Waals surface area contributed by atoms with Crippen molar-refractivity contribution in [2.45, 2.75) is 84.0 Å². The number of rotatable bonds is 14. The van der Waals surface area contributed by atoms with Gasteiger partial charge in [0.2, 0.25) is 0 Å². The van der Waals surface area contributed by atoms with E-state index in [0.717, 1.165) is 32.1 Å². The smallest absolute Gasteiger partial charge is 0.129 e. The molecule has 0 heterocycles. The van der Waals surface area contributed by atoms with E-state index in [2.05, 4.69) is 12.2 Å². The molecule has 0 spiro atoms. The van der Waals surface area contributed by atoms with Crippen LogP contribution in [0.4, 0.5) is 0 Å². The molecular formula is C17H32O2. The molecule has 0 bridgehead atoms. The number of carbonyl (C=O) groups is 1. The Morgan fingerprint density at radius 3 is 1.79 bits per heavy atom. The molecule has 0 aliphatic heterocycles. The highest BCUT2D eigenvalue weighted by Gasteiger charge is 1.94. The second-order valence-corrected chi connectivity index (χ2v) is 5.41. The minimum atomic E-state index is 0.323. The molecule has 0 amide bonds.